The van der Waals surface area contributed by atoms with E-state index in [1.807, 2.05) is 0 Å². The maximum Gasteiger partial charge on any atom is 0.0879 e. The lowest BCUT2D eigenvalue weighted by Gasteiger charge is -1.98. The van der Waals surface area contributed by atoms with Gasteiger partial charge in [0, 0.05) is 0 Å². The highest BCUT2D eigenvalue weighted by Crippen LogP contribution is 2.62. The molecule has 1 saturated heterocycles. The monoisotopic (exact) mass is 276 g/mol. The van der Waals surface area contributed by atoms with E-state index in [1.165, 1.54) is 24.0 Å². The summed E-state index contributed by atoms with van der Waals surface area (Å²) in [4.78, 5) is 0. The standard InChI is InChI=1S/C20H20O/c1-3-7-13(8-4-1)15-11-17(15)19-20(21-19)18-12-16(18)14-9-5-2-6-10-14/h1-10,15-20H,11-12H2. The van der Waals surface area contributed by atoms with E-state index in [-0.39, 0.29) is 0 Å². The summed E-state index contributed by atoms with van der Waals surface area (Å²) in [6, 6.07) is 21.9. The zero-order valence-electron chi connectivity index (χ0n) is 12.1. The Kier molecular flexibility index (Phi) is 2.54. The van der Waals surface area contributed by atoms with Crippen LogP contribution in [0.4, 0.5) is 0 Å². The molecule has 6 unspecified atom stereocenters. The molecular formula is C20H20O. The predicted octanol–water partition coefficient (Wildman–Crippen LogP) is 4.36. The Labute approximate surface area is 126 Å². The van der Waals surface area contributed by atoms with Crippen LogP contribution in [0.2, 0.25) is 0 Å². The maximum absolute atomic E-state index is 6.07. The first-order chi connectivity index (χ1) is 10.4. The molecule has 0 aromatic heterocycles. The van der Waals surface area contributed by atoms with Gasteiger partial charge in [-0.05, 0) is 47.6 Å². The summed E-state index contributed by atoms with van der Waals surface area (Å²) in [5, 5.41) is 0. The number of rotatable bonds is 4. The van der Waals surface area contributed by atoms with Crippen molar-refractivity contribution >= 4 is 0 Å². The molecular weight excluding hydrogens is 256 g/mol. The van der Waals surface area contributed by atoms with Crippen molar-refractivity contribution < 1.29 is 4.74 Å². The molecule has 3 aliphatic rings. The Morgan fingerprint density at radius 2 is 1.05 bits per heavy atom. The largest absolute Gasteiger partial charge is 0.369 e. The van der Waals surface area contributed by atoms with Crippen molar-refractivity contribution in [2.75, 3.05) is 0 Å². The van der Waals surface area contributed by atoms with E-state index in [0.717, 1.165) is 23.7 Å². The Bertz CT molecular complexity index is 578. The van der Waals surface area contributed by atoms with Gasteiger partial charge >= 0.3 is 0 Å². The van der Waals surface area contributed by atoms with Gasteiger partial charge in [-0.2, -0.15) is 0 Å². The van der Waals surface area contributed by atoms with Gasteiger partial charge in [-0.25, -0.2) is 0 Å². The van der Waals surface area contributed by atoms with Crippen LogP contribution in [0.25, 0.3) is 0 Å². The minimum atomic E-state index is 0.550. The summed E-state index contributed by atoms with van der Waals surface area (Å²) in [5.41, 5.74) is 3.01. The first kappa shape index (κ1) is 12.0. The smallest absolute Gasteiger partial charge is 0.0879 e. The Morgan fingerprint density at radius 1 is 0.619 bits per heavy atom. The first-order valence-electron chi connectivity index (χ1n) is 8.17. The second-order valence-corrected chi connectivity index (χ2v) is 6.90. The molecule has 6 atom stereocenters. The van der Waals surface area contributed by atoms with Crippen LogP contribution in [0.3, 0.4) is 0 Å². The Morgan fingerprint density at radius 3 is 1.48 bits per heavy atom. The summed E-state index contributed by atoms with van der Waals surface area (Å²) in [7, 11) is 0. The second kappa shape index (κ2) is 4.45. The fraction of sp³-hybridized carbons (Fsp3) is 0.400. The van der Waals surface area contributed by atoms with E-state index in [9.17, 15) is 0 Å². The number of benzene rings is 2. The van der Waals surface area contributed by atoms with Gasteiger partial charge in [0.15, 0.2) is 0 Å². The quantitative estimate of drug-likeness (QED) is 0.756. The zero-order chi connectivity index (χ0) is 13.8. The highest BCUT2D eigenvalue weighted by molar-refractivity contribution is 5.31. The third kappa shape index (κ3) is 2.11. The number of epoxide rings is 1. The summed E-state index contributed by atoms with van der Waals surface area (Å²) in [5.74, 6) is 3.09. The molecule has 2 aliphatic carbocycles. The topological polar surface area (TPSA) is 12.5 Å². The normalized spacial score (nSPS) is 39.8. The number of hydrogen-bond acceptors (Lipinski definition) is 1. The van der Waals surface area contributed by atoms with Gasteiger partial charge in [-0.15, -0.1) is 0 Å². The van der Waals surface area contributed by atoms with Crippen LogP contribution in [0.1, 0.15) is 35.8 Å². The van der Waals surface area contributed by atoms with E-state index in [4.69, 9.17) is 4.74 Å². The molecule has 21 heavy (non-hydrogen) atoms. The van der Waals surface area contributed by atoms with E-state index in [0.29, 0.717) is 12.2 Å². The van der Waals surface area contributed by atoms with Crippen LogP contribution in [0, 0.1) is 11.8 Å². The lowest BCUT2D eigenvalue weighted by molar-refractivity contribution is 0.341. The van der Waals surface area contributed by atoms with Gasteiger partial charge in [0.1, 0.15) is 0 Å². The minimum Gasteiger partial charge on any atom is -0.369 e. The van der Waals surface area contributed by atoms with E-state index in [1.54, 1.807) is 0 Å². The summed E-state index contributed by atoms with van der Waals surface area (Å²) < 4.78 is 6.07. The van der Waals surface area contributed by atoms with Gasteiger partial charge in [0.2, 0.25) is 0 Å². The van der Waals surface area contributed by atoms with Crippen LogP contribution >= 0.6 is 0 Å². The molecule has 0 bridgehead atoms. The van der Waals surface area contributed by atoms with Crippen molar-refractivity contribution in [2.24, 2.45) is 11.8 Å². The van der Waals surface area contributed by atoms with E-state index < -0.39 is 0 Å². The molecule has 2 aromatic carbocycles. The highest BCUT2D eigenvalue weighted by atomic mass is 16.6. The van der Waals surface area contributed by atoms with Gasteiger partial charge in [0.25, 0.3) is 0 Å². The van der Waals surface area contributed by atoms with Crippen molar-refractivity contribution in [3.8, 4) is 0 Å². The summed E-state index contributed by atoms with van der Waals surface area (Å²) >= 11 is 0. The first-order valence-corrected chi connectivity index (χ1v) is 8.17. The molecule has 0 amide bonds. The predicted molar refractivity (Wildman–Crippen MR) is 83.2 cm³/mol. The molecule has 2 aromatic rings. The number of hydrogen-bond donors (Lipinski definition) is 0. The lowest BCUT2D eigenvalue weighted by Crippen LogP contribution is -2.01. The van der Waals surface area contributed by atoms with Crippen LogP contribution in [-0.2, 0) is 4.74 Å². The Hall–Kier alpha value is -1.60. The van der Waals surface area contributed by atoms with Crippen molar-refractivity contribution in [3.05, 3.63) is 71.8 Å². The van der Waals surface area contributed by atoms with Crippen molar-refractivity contribution in [1.29, 1.82) is 0 Å². The molecule has 2 saturated carbocycles. The third-order valence-corrected chi connectivity index (χ3v) is 5.54. The zero-order valence-corrected chi connectivity index (χ0v) is 12.1. The molecule has 1 heteroatoms. The van der Waals surface area contributed by atoms with Gasteiger partial charge < -0.3 is 4.74 Å². The third-order valence-electron chi connectivity index (χ3n) is 5.54. The highest BCUT2D eigenvalue weighted by Gasteiger charge is 2.62. The van der Waals surface area contributed by atoms with Crippen LogP contribution in [0.5, 0.6) is 0 Å². The van der Waals surface area contributed by atoms with Crippen molar-refractivity contribution in [2.45, 2.75) is 36.9 Å². The molecule has 1 heterocycles. The molecule has 1 nitrogen and oxygen atoms in total. The SMILES string of the molecule is c1ccc(C2CC2C2OC2C2CC2c2ccccc2)cc1. The van der Waals surface area contributed by atoms with Crippen LogP contribution in [0.15, 0.2) is 60.7 Å². The molecule has 0 N–H and O–H groups in total. The second-order valence-electron chi connectivity index (χ2n) is 6.90. The van der Waals surface area contributed by atoms with Gasteiger partial charge in [0.05, 0.1) is 12.2 Å². The lowest BCUT2D eigenvalue weighted by atomic mass is 10.0. The number of ether oxygens (including phenoxy) is 1. The van der Waals surface area contributed by atoms with Gasteiger partial charge in [-0.3, -0.25) is 0 Å². The average molecular weight is 276 g/mol. The molecule has 0 radical (unpaired) electrons. The minimum absolute atomic E-state index is 0.550. The fourth-order valence-electron chi connectivity index (χ4n) is 4.15. The van der Waals surface area contributed by atoms with Crippen LogP contribution < -0.4 is 0 Å². The fourth-order valence-corrected chi connectivity index (χ4v) is 4.15. The maximum atomic E-state index is 6.07. The molecule has 5 rings (SSSR count). The summed E-state index contributed by atoms with van der Waals surface area (Å²) in [6.45, 7) is 0. The molecule has 1 aliphatic heterocycles. The van der Waals surface area contributed by atoms with Crippen LogP contribution in [-0.4, -0.2) is 12.2 Å². The molecule has 3 fully saturated rings. The van der Waals surface area contributed by atoms with E-state index in [2.05, 4.69) is 60.7 Å². The van der Waals surface area contributed by atoms with Gasteiger partial charge in [-0.1, -0.05) is 60.7 Å². The average Bonchev–Trinajstić information content (AvgIpc) is 3.40. The van der Waals surface area contributed by atoms with Crippen molar-refractivity contribution in [1.82, 2.24) is 0 Å². The van der Waals surface area contributed by atoms with Crippen molar-refractivity contribution in [3.63, 3.8) is 0 Å². The molecule has 0 spiro atoms. The summed E-state index contributed by atoms with van der Waals surface area (Å²) in [6.07, 6.45) is 3.75. The Balaban J connectivity index is 1.21. The van der Waals surface area contributed by atoms with E-state index >= 15 is 0 Å². The molecule has 106 valence electrons.